The van der Waals surface area contributed by atoms with Crippen LogP contribution in [0.2, 0.25) is 0 Å². The van der Waals surface area contributed by atoms with Gasteiger partial charge in [0.2, 0.25) is 0 Å². The molecular formula is C56H35NS2. The number of anilines is 3. The largest absolute Gasteiger partial charge is 0.309 e. The number of thiophene rings is 2. The Bertz CT molecular complexity index is 3550. The molecule has 276 valence electrons. The monoisotopic (exact) mass is 785 g/mol. The first-order valence-electron chi connectivity index (χ1n) is 20.1. The van der Waals surface area contributed by atoms with Crippen molar-refractivity contribution in [3.05, 3.63) is 212 Å². The lowest BCUT2D eigenvalue weighted by Crippen LogP contribution is -2.10. The average molecular weight is 786 g/mol. The molecule has 10 aromatic carbocycles. The van der Waals surface area contributed by atoms with Gasteiger partial charge in [-0.3, -0.25) is 0 Å². The zero-order valence-corrected chi connectivity index (χ0v) is 33.6. The van der Waals surface area contributed by atoms with Crippen LogP contribution in [-0.2, 0) is 0 Å². The van der Waals surface area contributed by atoms with E-state index in [1.54, 1.807) is 0 Å². The summed E-state index contributed by atoms with van der Waals surface area (Å²) in [6, 6.07) is 78.3. The van der Waals surface area contributed by atoms with Crippen LogP contribution in [0.5, 0.6) is 0 Å². The van der Waals surface area contributed by atoms with E-state index in [0.29, 0.717) is 0 Å². The number of hydrogen-bond donors (Lipinski definition) is 0. The lowest BCUT2D eigenvalue weighted by atomic mass is 9.93. The molecule has 0 N–H and O–H groups in total. The molecule has 0 fully saturated rings. The molecule has 12 rings (SSSR count). The Balaban J connectivity index is 1.05. The van der Waals surface area contributed by atoms with Crippen LogP contribution in [-0.4, -0.2) is 0 Å². The standard InChI is InChI=1S/C56H35NS2/c1-2-12-37(13-3-1)50-35-43(29-31-46(50)41-26-30-48-51-32-39-15-4-5-16-40(39)33-55(51)58-54(48)34-41)57(52-22-11-21-49-47-19-8-9-23-53(47)59-56(49)52)42-27-24-38(25-28-42)45-20-10-17-36-14-6-7-18-44(36)45/h1-35H. The molecule has 0 saturated heterocycles. The summed E-state index contributed by atoms with van der Waals surface area (Å²) in [7, 11) is 0. The lowest BCUT2D eigenvalue weighted by molar-refractivity contribution is 1.30. The molecule has 1 nitrogen and oxygen atoms in total. The molecule has 0 bridgehead atoms. The Kier molecular flexibility index (Phi) is 7.97. The van der Waals surface area contributed by atoms with Gasteiger partial charge in [-0.1, -0.05) is 158 Å². The van der Waals surface area contributed by atoms with Crippen LogP contribution >= 0.6 is 22.7 Å². The molecule has 0 amide bonds. The third-order valence-electron chi connectivity index (χ3n) is 11.8. The highest BCUT2D eigenvalue weighted by molar-refractivity contribution is 7.26. The number of nitrogens with zero attached hydrogens (tertiary/aromatic N) is 1. The minimum atomic E-state index is 1.12. The summed E-state index contributed by atoms with van der Waals surface area (Å²) >= 11 is 3.76. The van der Waals surface area contributed by atoms with Crippen LogP contribution in [0.15, 0.2) is 212 Å². The van der Waals surface area contributed by atoms with Crippen molar-refractivity contribution in [2.45, 2.75) is 0 Å². The summed E-state index contributed by atoms with van der Waals surface area (Å²) in [5.41, 5.74) is 10.7. The number of fused-ring (bicyclic) bond motifs is 8. The second-order valence-corrected chi connectivity index (χ2v) is 17.4. The molecule has 0 aliphatic rings. The van der Waals surface area contributed by atoms with E-state index in [4.69, 9.17) is 0 Å². The average Bonchev–Trinajstić information content (AvgIpc) is 3.86. The fraction of sp³-hybridized carbons (Fsp3) is 0. The molecule has 0 saturated carbocycles. The van der Waals surface area contributed by atoms with Crippen LogP contribution in [0.25, 0.3) is 95.3 Å². The molecule has 0 aliphatic carbocycles. The van der Waals surface area contributed by atoms with Crippen molar-refractivity contribution in [3.8, 4) is 33.4 Å². The van der Waals surface area contributed by atoms with Gasteiger partial charge in [-0.05, 0) is 110 Å². The molecule has 2 aromatic heterocycles. The number of benzene rings is 10. The van der Waals surface area contributed by atoms with Crippen LogP contribution < -0.4 is 4.90 Å². The highest BCUT2D eigenvalue weighted by Crippen LogP contribution is 2.47. The summed E-state index contributed by atoms with van der Waals surface area (Å²) in [6.45, 7) is 0. The minimum Gasteiger partial charge on any atom is -0.309 e. The van der Waals surface area contributed by atoms with E-state index in [9.17, 15) is 0 Å². The molecule has 0 spiro atoms. The topological polar surface area (TPSA) is 3.24 Å². The van der Waals surface area contributed by atoms with Crippen molar-refractivity contribution >= 4 is 102 Å². The predicted octanol–water partition coefficient (Wildman–Crippen LogP) is 17.2. The van der Waals surface area contributed by atoms with E-state index in [2.05, 4.69) is 217 Å². The van der Waals surface area contributed by atoms with Crippen molar-refractivity contribution < 1.29 is 0 Å². The maximum atomic E-state index is 2.46. The fourth-order valence-electron chi connectivity index (χ4n) is 9.01. The molecule has 0 radical (unpaired) electrons. The Hall–Kier alpha value is -7.04. The van der Waals surface area contributed by atoms with E-state index < -0.39 is 0 Å². The van der Waals surface area contributed by atoms with Crippen molar-refractivity contribution in [2.75, 3.05) is 4.90 Å². The summed E-state index contributed by atoms with van der Waals surface area (Å²) in [6.07, 6.45) is 0. The third-order valence-corrected chi connectivity index (χ3v) is 14.2. The molecule has 2 heterocycles. The summed E-state index contributed by atoms with van der Waals surface area (Å²) in [5, 5.41) is 10.3. The van der Waals surface area contributed by atoms with Crippen LogP contribution in [0, 0.1) is 0 Å². The van der Waals surface area contributed by atoms with Gasteiger partial charge >= 0.3 is 0 Å². The van der Waals surface area contributed by atoms with E-state index in [1.807, 2.05) is 22.7 Å². The molecule has 59 heavy (non-hydrogen) atoms. The Morgan fingerprint density at radius 1 is 0.288 bits per heavy atom. The molecule has 0 aliphatic heterocycles. The maximum absolute atomic E-state index is 2.46. The summed E-state index contributed by atoms with van der Waals surface area (Å²) in [5.74, 6) is 0. The highest BCUT2D eigenvalue weighted by Gasteiger charge is 2.21. The van der Waals surface area contributed by atoms with E-state index in [0.717, 1.165) is 11.4 Å². The molecular weight excluding hydrogens is 751 g/mol. The Labute approximate surface area is 350 Å². The maximum Gasteiger partial charge on any atom is 0.0640 e. The number of hydrogen-bond acceptors (Lipinski definition) is 3. The normalized spacial score (nSPS) is 11.7. The van der Waals surface area contributed by atoms with Crippen molar-refractivity contribution in [1.29, 1.82) is 0 Å². The highest BCUT2D eigenvalue weighted by atomic mass is 32.1. The van der Waals surface area contributed by atoms with Gasteiger partial charge in [0.1, 0.15) is 0 Å². The lowest BCUT2D eigenvalue weighted by Gasteiger charge is -2.27. The molecule has 0 unspecified atom stereocenters. The first-order valence-corrected chi connectivity index (χ1v) is 21.7. The van der Waals surface area contributed by atoms with Gasteiger partial charge in [0, 0.05) is 47.0 Å². The first-order chi connectivity index (χ1) is 29.2. The zero-order valence-electron chi connectivity index (χ0n) is 32.0. The van der Waals surface area contributed by atoms with E-state index in [-0.39, 0.29) is 0 Å². The number of rotatable bonds is 6. The second kappa shape index (κ2) is 13.8. The zero-order chi connectivity index (χ0) is 38.9. The first kappa shape index (κ1) is 34.0. The summed E-state index contributed by atoms with van der Waals surface area (Å²) in [4.78, 5) is 2.46. The molecule has 3 heteroatoms. The minimum absolute atomic E-state index is 1.12. The quantitative estimate of drug-likeness (QED) is 0.162. The molecule has 0 atom stereocenters. The summed E-state index contributed by atoms with van der Waals surface area (Å²) < 4.78 is 5.21. The van der Waals surface area contributed by atoms with Crippen molar-refractivity contribution in [3.63, 3.8) is 0 Å². The molecule has 12 aromatic rings. The fourth-order valence-corrected chi connectivity index (χ4v) is 11.4. The van der Waals surface area contributed by atoms with E-state index >= 15 is 0 Å². The van der Waals surface area contributed by atoms with Gasteiger partial charge in [-0.15, -0.1) is 22.7 Å². The van der Waals surface area contributed by atoms with Crippen LogP contribution in [0.4, 0.5) is 17.1 Å². The van der Waals surface area contributed by atoms with Gasteiger partial charge in [0.25, 0.3) is 0 Å². The smallest absolute Gasteiger partial charge is 0.0640 e. The van der Waals surface area contributed by atoms with Gasteiger partial charge in [-0.2, -0.15) is 0 Å². The Morgan fingerprint density at radius 3 is 1.78 bits per heavy atom. The van der Waals surface area contributed by atoms with Crippen LogP contribution in [0.1, 0.15) is 0 Å². The SMILES string of the molecule is c1ccc(-c2cc(N(c3ccc(-c4cccc5ccccc45)cc3)c3cccc4c3sc3ccccc34)ccc2-c2ccc3c(c2)sc2cc4ccccc4cc23)cc1. The van der Waals surface area contributed by atoms with Crippen LogP contribution in [0.3, 0.4) is 0 Å². The van der Waals surface area contributed by atoms with Crippen molar-refractivity contribution in [1.82, 2.24) is 0 Å². The van der Waals surface area contributed by atoms with Crippen molar-refractivity contribution in [2.24, 2.45) is 0 Å². The van der Waals surface area contributed by atoms with Gasteiger partial charge in [-0.25, -0.2) is 0 Å². The van der Waals surface area contributed by atoms with Gasteiger partial charge < -0.3 is 4.90 Å². The predicted molar refractivity (Wildman–Crippen MR) is 258 cm³/mol. The second-order valence-electron chi connectivity index (χ2n) is 15.3. The van der Waals surface area contributed by atoms with E-state index in [1.165, 1.54) is 101 Å². The van der Waals surface area contributed by atoms with Gasteiger partial charge in [0.05, 0.1) is 10.4 Å². The van der Waals surface area contributed by atoms with Gasteiger partial charge in [0.15, 0.2) is 0 Å². The third kappa shape index (κ3) is 5.73. The Morgan fingerprint density at radius 2 is 0.915 bits per heavy atom.